The monoisotopic (exact) mass is 355 g/mol. The summed E-state index contributed by atoms with van der Waals surface area (Å²) in [5, 5.41) is 3.50. The van der Waals surface area contributed by atoms with Crippen LogP contribution in [0.25, 0.3) is 0 Å². The van der Waals surface area contributed by atoms with Gasteiger partial charge in [0.05, 0.1) is 0 Å². The molecule has 2 aliphatic carbocycles. The summed E-state index contributed by atoms with van der Waals surface area (Å²) in [5.41, 5.74) is 2.97. The SMILES string of the molecule is CNCC1CC(C2CCC(c3ccc(C)cc3)CC2)CCC1CC(C)C. The van der Waals surface area contributed by atoms with Crippen LogP contribution in [0.5, 0.6) is 0 Å². The molecule has 0 aromatic heterocycles. The van der Waals surface area contributed by atoms with E-state index < -0.39 is 0 Å². The van der Waals surface area contributed by atoms with Crippen molar-refractivity contribution < 1.29 is 0 Å². The van der Waals surface area contributed by atoms with Gasteiger partial charge in [-0.25, -0.2) is 0 Å². The Kier molecular flexibility index (Phi) is 7.20. The van der Waals surface area contributed by atoms with E-state index >= 15 is 0 Å². The number of hydrogen-bond donors (Lipinski definition) is 1. The number of rotatable bonds is 6. The minimum absolute atomic E-state index is 0.817. The summed E-state index contributed by atoms with van der Waals surface area (Å²) in [6.45, 7) is 8.22. The van der Waals surface area contributed by atoms with E-state index in [4.69, 9.17) is 0 Å². The molecule has 1 heteroatoms. The third-order valence-corrected chi connectivity index (χ3v) is 7.41. The van der Waals surface area contributed by atoms with Crippen LogP contribution in [0.3, 0.4) is 0 Å². The Bertz CT molecular complexity index is 524. The molecule has 2 fully saturated rings. The van der Waals surface area contributed by atoms with E-state index in [1.807, 2.05) is 0 Å². The number of benzene rings is 1. The zero-order valence-electron chi connectivity index (χ0n) is 17.6. The second-order valence-electron chi connectivity index (χ2n) is 9.80. The molecule has 146 valence electrons. The Labute approximate surface area is 162 Å². The van der Waals surface area contributed by atoms with Crippen LogP contribution in [0, 0.1) is 36.5 Å². The van der Waals surface area contributed by atoms with Gasteiger partial charge in [0.1, 0.15) is 0 Å². The number of aryl methyl sites for hydroxylation is 1. The van der Waals surface area contributed by atoms with Crippen molar-refractivity contribution in [2.75, 3.05) is 13.6 Å². The zero-order chi connectivity index (χ0) is 18.5. The summed E-state index contributed by atoms with van der Waals surface area (Å²) < 4.78 is 0. The maximum Gasteiger partial charge on any atom is -0.00208 e. The summed E-state index contributed by atoms with van der Waals surface area (Å²) in [5.74, 6) is 5.53. The number of hydrogen-bond acceptors (Lipinski definition) is 1. The largest absolute Gasteiger partial charge is 0.319 e. The van der Waals surface area contributed by atoms with E-state index in [9.17, 15) is 0 Å². The van der Waals surface area contributed by atoms with Crippen molar-refractivity contribution in [3.8, 4) is 0 Å². The number of nitrogens with one attached hydrogen (secondary N) is 1. The lowest BCUT2D eigenvalue weighted by Gasteiger charge is -2.42. The van der Waals surface area contributed by atoms with Gasteiger partial charge in [-0.2, -0.15) is 0 Å². The molecule has 0 saturated heterocycles. The maximum atomic E-state index is 3.50. The molecule has 2 aliphatic rings. The van der Waals surface area contributed by atoms with Crippen molar-refractivity contribution in [1.29, 1.82) is 0 Å². The van der Waals surface area contributed by atoms with Crippen molar-refractivity contribution >= 4 is 0 Å². The first kappa shape index (κ1) is 19.9. The molecular formula is C25H41N. The van der Waals surface area contributed by atoms with Crippen molar-refractivity contribution in [3.05, 3.63) is 35.4 Å². The normalized spacial score (nSPS) is 32.7. The molecule has 1 N–H and O–H groups in total. The van der Waals surface area contributed by atoms with Crippen LogP contribution in [0.2, 0.25) is 0 Å². The smallest absolute Gasteiger partial charge is 0.00208 e. The summed E-state index contributed by atoms with van der Waals surface area (Å²) >= 11 is 0. The molecule has 0 aliphatic heterocycles. The molecule has 3 atom stereocenters. The Morgan fingerprint density at radius 1 is 0.885 bits per heavy atom. The molecule has 1 aromatic carbocycles. The summed E-state index contributed by atoms with van der Waals surface area (Å²) in [6, 6.07) is 9.33. The molecule has 0 radical (unpaired) electrons. The Morgan fingerprint density at radius 3 is 2.15 bits per heavy atom. The standard InChI is InChI=1S/C25H41N/c1-18(2)15-23-13-14-24(16-25(23)17-26-4)22-11-9-21(10-12-22)20-7-5-19(3)6-8-20/h5-8,18,21-26H,9-17H2,1-4H3. The van der Waals surface area contributed by atoms with Crippen LogP contribution in [-0.2, 0) is 0 Å². The average Bonchev–Trinajstić information content (AvgIpc) is 2.64. The van der Waals surface area contributed by atoms with Crippen LogP contribution in [-0.4, -0.2) is 13.6 Å². The third kappa shape index (κ3) is 5.12. The van der Waals surface area contributed by atoms with Crippen LogP contribution < -0.4 is 5.32 Å². The predicted octanol–water partition coefficient (Wildman–Crippen LogP) is 6.57. The highest BCUT2D eigenvalue weighted by molar-refractivity contribution is 5.24. The molecule has 3 rings (SSSR count). The third-order valence-electron chi connectivity index (χ3n) is 7.41. The lowest BCUT2D eigenvalue weighted by molar-refractivity contribution is 0.0998. The highest BCUT2D eigenvalue weighted by atomic mass is 14.8. The molecule has 26 heavy (non-hydrogen) atoms. The van der Waals surface area contributed by atoms with Gasteiger partial charge < -0.3 is 5.32 Å². The van der Waals surface area contributed by atoms with Crippen molar-refractivity contribution in [2.24, 2.45) is 29.6 Å². The van der Waals surface area contributed by atoms with Gasteiger partial charge in [0.25, 0.3) is 0 Å². The van der Waals surface area contributed by atoms with Gasteiger partial charge in [-0.3, -0.25) is 0 Å². The molecule has 1 nitrogen and oxygen atoms in total. The van der Waals surface area contributed by atoms with Crippen LogP contribution in [0.15, 0.2) is 24.3 Å². The van der Waals surface area contributed by atoms with Gasteiger partial charge in [0.15, 0.2) is 0 Å². The van der Waals surface area contributed by atoms with Gasteiger partial charge in [0.2, 0.25) is 0 Å². The van der Waals surface area contributed by atoms with Gasteiger partial charge >= 0.3 is 0 Å². The van der Waals surface area contributed by atoms with E-state index in [0.29, 0.717) is 0 Å². The maximum absolute atomic E-state index is 3.50. The van der Waals surface area contributed by atoms with E-state index in [-0.39, 0.29) is 0 Å². The summed E-state index contributed by atoms with van der Waals surface area (Å²) in [7, 11) is 2.14. The second-order valence-corrected chi connectivity index (χ2v) is 9.80. The molecule has 0 spiro atoms. The fraction of sp³-hybridized carbons (Fsp3) is 0.760. The van der Waals surface area contributed by atoms with E-state index in [1.165, 1.54) is 63.5 Å². The van der Waals surface area contributed by atoms with Gasteiger partial charge in [-0.05, 0) is 113 Å². The van der Waals surface area contributed by atoms with Crippen LogP contribution in [0.1, 0.15) is 82.3 Å². The lowest BCUT2D eigenvalue weighted by atomic mass is 9.64. The fourth-order valence-corrected chi connectivity index (χ4v) is 5.98. The average molecular weight is 356 g/mol. The fourth-order valence-electron chi connectivity index (χ4n) is 5.98. The molecule has 0 bridgehead atoms. The predicted molar refractivity (Wildman–Crippen MR) is 114 cm³/mol. The highest BCUT2D eigenvalue weighted by Crippen LogP contribution is 2.46. The van der Waals surface area contributed by atoms with E-state index in [1.54, 1.807) is 5.56 Å². The van der Waals surface area contributed by atoms with E-state index in [0.717, 1.165) is 35.5 Å². The first-order chi connectivity index (χ1) is 12.6. The Morgan fingerprint density at radius 2 is 1.54 bits per heavy atom. The van der Waals surface area contributed by atoms with Crippen molar-refractivity contribution in [3.63, 3.8) is 0 Å². The van der Waals surface area contributed by atoms with E-state index in [2.05, 4.69) is 57.4 Å². The van der Waals surface area contributed by atoms with Crippen molar-refractivity contribution in [2.45, 2.75) is 78.1 Å². The highest BCUT2D eigenvalue weighted by Gasteiger charge is 2.35. The lowest BCUT2D eigenvalue weighted by Crippen LogP contribution is -2.35. The summed E-state index contributed by atoms with van der Waals surface area (Å²) in [6.07, 6.45) is 11.6. The zero-order valence-corrected chi connectivity index (χ0v) is 17.6. The Hall–Kier alpha value is -0.820. The minimum atomic E-state index is 0.817. The molecular weight excluding hydrogens is 314 g/mol. The first-order valence-electron chi connectivity index (χ1n) is 11.3. The molecule has 0 heterocycles. The quantitative estimate of drug-likeness (QED) is 0.608. The summed E-state index contributed by atoms with van der Waals surface area (Å²) in [4.78, 5) is 0. The Balaban J connectivity index is 1.53. The topological polar surface area (TPSA) is 12.0 Å². The molecule has 2 saturated carbocycles. The molecule has 0 amide bonds. The second kappa shape index (κ2) is 9.40. The van der Waals surface area contributed by atoms with Gasteiger partial charge in [-0.1, -0.05) is 43.7 Å². The van der Waals surface area contributed by atoms with Gasteiger partial charge in [0, 0.05) is 0 Å². The van der Waals surface area contributed by atoms with Crippen LogP contribution in [0.4, 0.5) is 0 Å². The first-order valence-corrected chi connectivity index (χ1v) is 11.3. The molecule has 3 unspecified atom stereocenters. The molecule has 1 aromatic rings. The minimum Gasteiger partial charge on any atom is -0.319 e. The van der Waals surface area contributed by atoms with Crippen molar-refractivity contribution in [1.82, 2.24) is 5.32 Å². The van der Waals surface area contributed by atoms with Gasteiger partial charge in [-0.15, -0.1) is 0 Å². The van der Waals surface area contributed by atoms with Crippen LogP contribution >= 0.6 is 0 Å².